The number of aliphatic imine (C=N–C) groups is 1. The molecule has 1 aromatic heterocycles. The highest BCUT2D eigenvalue weighted by Gasteiger charge is 2.12. The highest BCUT2D eigenvalue weighted by atomic mass is 127. The Morgan fingerprint density at radius 2 is 1.96 bits per heavy atom. The fourth-order valence-corrected chi connectivity index (χ4v) is 2.32. The number of ether oxygens (including phenoxy) is 1. The van der Waals surface area contributed by atoms with Crippen LogP contribution < -0.4 is 5.73 Å². The molecule has 3 rings (SSSR count). The predicted octanol–water partition coefficient (Wildman–Crippen LogP) is 2.29. The lowest BCUT2D eigenvalue weighted by Gasteiger charge is -2.27. The molecule has 2 heterocycles. The van der Waals surface area contributed by atoms with E-state index in [1.54, 1.807) is 18.4 Å². The standard InChI is InChI=1S/C16H19FN4O2.HI/c17-13-3-1-12(2-4-13)15-20-14(11-23-15)5-6-19-16(18)21-7-9-22-10-8-21;/h1-4,11H,5-10H2,(H2,18,19);1H. The molecule has 1 fully saturated rings. The number of benzene rings is 1. The summed E-state index contributed by atoms with van der Waals surface area (Å²) in [5.41, 5.74) is 7.50. The molecule has 1 aromatic carbocycles. The third-order valence-corrected chi connectivity index (χ3v) is 3.62. The van der Waals surface area contributed by atoms with Crippen molar-refractivity contribution < 1.29 is 13.5 Å². The molecule has 0 atom stereocenters. The molecule has 1 aliphatic rings. The summed E-state index contributed by atoms with van der Waals surface area (Å²) in [4.78, 5) is 10.8. The van der Waals surface area contributed by atoms with Gasteiger partial charge in [-0.25, -0.2) is 9.37 Å². The molecule has 0 saturated carbocycles. The minimum Gasteiger partial charge on any atom is -0.444 e. The van der Waals surface area contributed by atoms with Gasteiger partial charge in [0.2, 0.25) is 5.89 Å². The summed E-state index contributed by atoms with van der Waals surface area (Å²) in [6.07, 6.45) is 2.23. The number of morpholine rings is 1. The Bertz CT molecular complexity index is 669. The normalized spacial score (nSPS) is 15.2. The van der Waals surface area contributed by atoms with Crippen LogP contribution >= 0.6 is 24.0 Å². The summed E-state index contributed by atoms with van der Waals surface area (Å²) in [5, 5.41) is 0. The molecule has 1 aliphatic heterocycles. The van der Waals surface area contributed by atoms with Crippen molar-refractivity contribution in [2.45, 2.75) is 6.42 Å². The average molecular weight is 446 g/mol. The number of halogens is 2. The second-order valence-corrected chi connectivity index (χ2v) is 5.24. The fraction of sp³-hybridized carbons (Fsp3) is 0.375. The predicted molar refractivity (Wildman–Crippen MR) is 99.9 cm³/mol. The van der Waals surface area contributed by atoms with E-state index >= 15 is 0 Å². The van der Waals surface area contributed by atoms with Gasteiger partial charge in [-0.05, 0) is 24.3 Å². The zero-order valence-electron chi connectivity index (χ0n) is 13.2. The van der Waals surface area contributed by atoms with Gasteiger partial charge in [-0.3, -0.25) is 4.99 Å². The fourth-order valence-electron chi connectivity index (χ4n) is 2.32. The quantitative estimate of drug-likeness (QED) is 0.443. The van der Waals surface area contributed by atoms with Crippen LogP contribution in [0.3, 0.4) is 0 Å². The van der Waals surface area contributed by atoms with Gasteiger partial charge in [-0.2, -0.15) is 0 Å². The van der Waals surface area contributed by atoms with Crippen molar-refractivity contribution in [3.63, 3.8) is 0 Å². The van der Waals surface area contributed by atoms with Crippen LogP contribution in [0.15, 0.2) is 39.9 Å². The van der Waals surface area contributed by atoms with Crippen molar-refractivity contribution in [1.82, 2.24) is 9.88 Å². The molecule has 130 valence electrons. The summed E-state index contributed by atoms with van der Waals surface area (Å²) in [6, 6.07) is 6.04. The van der Waals surface area contributed by atoms with Crippen LogP contribution in [0.2, 0.25) is 0 Å². The number of rotatable bonds is 4. The monoisotopic (exact) mass is 446 g/mol. The Kier molecular flexibility index (Phi) is 6.98. The van der Waals surface area contributed by atoms with E-state index in [0.717, 1.165) is 24.3 Å². The number of aromatic nitrogens is 1. The second-order valence-electron chi connectivity index (χ2n) is 5.24. The largest absolute Gasteiger partial charge is 0.444 e. The van der Waals surface area contributed by atoms with E-state index in [-0.39, 0.29) is 29.8 Å². The minimum atomic E-state index is -0.284. The van der Waals surface area contributed by atoms with Crippen molar-refractivity contribution in [1.29, 1.82) is 0 Å². The van der Waals surface area contributed by atoms with E-state index in [0.29, 0.717) is 38.0 Å². The molecule has 0 unspecified atom stereocenters. The highest BCUT2D eigenvalue weighted by molar-refractivity contribution is 14.0. The van der Waals surface area contributed by atoms with Gasteiger partial charge in [0.25, 0.3) is 0 Å². The van der Waals surface area contributed by atoms with Crippen LogP contribution in [0.25, 0.3) is 11.5 Å². The van der Waals surface area contributed by atoms with Crippen molar-refractivity contribution in [3.8, 4) is 11.5 Å². The lowest BCUT2D eigenvalue weighted by Crippen LogP contribution is -2.44. The van der Waals surface area contributed by atoms with Crippen molar-refractivity contribution >= 4 is 29.9 Å². The number of oxazole rings is 1. The van der Waals surface area contributed by atoms with Gasteiger partial charge in [-0.15, -0.1) is 24.0 Å². The van der Waals surface area contributed by atoms with Crippen molar-refractivity contribution in [2.24, 2.45) is 10.7 Å². The lowest BCUT2D eigenvalue weighted by molar-refractivity contribution is 0.0674. The smallest absolute Gasteiger partial charge is 0.226 e. The van der Waals surface area contributed by atoms with Crippen LogP contribution in [0, 0.1) is 5.82 Å². The molecule has 0 aliphatic carbocycles. The van der Waals surface area contributed by atoms with E-state index in [1.165, 1.54) is 12.1 Å². The highest BCUT2D eigenvalue weighted by Crippen LogP contribution is 2.19. The van der Waals surface area contributed by atoms with Crippen LogP contribution in [-0.2, 0) is 11.2 Å². The zero-order valence-corrected chi connectivity index (χ0v) is 15.5. The van der Waals surface area contributed by atoms with E-state index in [9.17, 15) is 4.39 Å². The van der Waals surface area contributed by atoms with E-state index in [2.05, 4.69) is 9.98 Å². The number of hydrogen-bond acceptors (Lipinski definition) is 4. The van der Waals surface area contributed by atoms with Gasteiger partial charge in [0.05, 0.1) is 18.9 Å². The van der Waals surface area contributed by atoms with Crippen LogP contribution in [-0.4, -0.2) is 48.7 Å². The molecule has 0 bridgehead atoms. The third-order valence-electron chi connectivity index (χ3n) is 3.62. The molecule has 24 heavy (non-hydrogen) atoms. The SMILES string of the molecule is I.NC(=NCCc1coc(-c2ccc(F)cc2)n1)N1CCOCC1. The molecule has 2 aromatic rings. The minimum absolute atomic E-state index is 0. The van der Waals surface area contributed by atoms with Gasteiger partial charge < -0.3 is 19.8 Å². The molecule has 1 saturated heterocycles. The Morgan fingerprint density at radius 3 is 2.67 bits per heavy atom. The third kappa shape index (κ3) is 4.91. The number of hydrogen-bond donors (Lipinski definition) is 1. The first-order chi connectivity index (χ1) is 11.2. The first-order valence-electron chi connectivity index (χ1n) is 7.55. The number of nitrogens with zero attached hydrogens (tertiary/aromatic N) is 3. The average Bonchev–Trinajstić information content (AvgIpc) is 3.05. The Balaban J connectivity index is 0.00000208. The van der Waals surface area contributed by atoms with Crippen LogP contribution in [0.1, 0.15) is 5.69 Å². The van der Waals surface area contributed by atoms with Gasteiger partial charge in [0, 0.05) is 31.6 Å². The summed E-state index contributed by atoms with van der Waals surface area (Å²) in [5.74, 6) is 0.731. The van der Waals surface area contributed by atoms with Gasteiger partial charge in [0.15, 0.2) is 5.96 Å². The first kappa shape index (κ1) is 18.7. The van der Waals surface area contributed by atoms with E-state index in [4.69, 9.17) is 14.9 Å². The van der Waals surface area contributed by atoms with Crippen molar-refractivity contribution in [2.75, 3.05) is 32.8 Å². The molecule has 8 heteroatoms. The van der Waals surface area contributed by atoms with E-state index in [1.807, 2.05) is 4.90 Å². The Hall–Kier alpha value is -1.68. The zero-order chi connectivity index (χ0) is 16.1. The number of nitrogens with two attached hydrogens (primary N) is 1. The topological polar surface area (TPSA) is 76.9 Å². The first-order valence-corrected chi connectivity index (χ1v) is 7.55. The molecular weight excluding hydrogens is 426 g/mol. The molecule has 0 amide bonds. The maximum atomic E-state index is 12.9. The molecular formula is C16H20FIN4O2. The summed E-state index contributed by atoms with van der Waals surface area (Å²) < 4.78 is 23.6. The maximum absolute atomic E-state index is 12.9. The summed E-state index contributed by atoms with van der Waals surface area (Å²) in [7, 11) is 0. The maximum Gasteiger partial charge on any atom is 0.226 e. The lowest BCUT2D eigenvalue weighted by atomic mass is 10.2. The Morgan fingerprint density at radius 1 is 1.25 bits per heavy atom. The van der Waals surface area contributed by atoms with Crippen LogP contribution in [0.4, 0.5) is 4.39 Å². The summed E-state index contributed by atoms with van der Waals surface area (Å²) in [6.45, 7) is 3.45. The number of guanidine groups is 1. The van der Waals surface area contributed by atoms with Gasteiger partial charge >= 0.3 is 0 Å². The second kappa shape index (κ2) is 8.97. The van der Waals surface area contributed by atoms with Crippen LogP contribution in [0.5, 0.6) is 0 Å². The molecule has 6 nitrogen and oxygen atoms in total. The Labute approximate surface area is 156 Å². The molecule has 2 N–H and O–H groups in total. The van der Waals surface area contributed by atoms with Crippen molar-refractivity contribution in [3.05, 3.63) is 42.0 Å². The summed E-state index contributed by atoms with van der Waals surface area (Å²) >= 11 is 0. The van der Waals surface area contributed by atoms with E-state index < -0.39 is 0 Å². The molecule has 0 radical (unpaired) electrons. The van der Waals surface area contributed by atoms with Gasteiger partial charge in [-0.1, -0.05) is 0 Å². The van der Waals surface area contributed by atoms with Gasteiger partial charge in [0.1, 0.15) is 12.1 Å². The molecule has 0 spiro atoms.